The highest BCUT2D eigenvalue weighted by Gasteiger charge is 1.95. The number of hydrogen-bond acceptors (Lipinski definition) is 2. The van der Waals surface area contributed by atoms with Crippen LogP contribution in [0.1, 0.15) is 16.7 Å². The summed E-state index contributed by atoms with van der Waals surface area (Å²) in [7, 11) is 0. The third kappa shape index (κ3) is 3.33. The zero-order valence-corrected chi connectivity index (χ0v) is 10.1. The summed E-state index contributed by atoms with van der Waals surface area (Å²) >= 11 is 0. The van der Waals surface area contributed by atoms with Crippen molar-refractivity contribution in [3.05, 3.63) is 65.2 Å². The lowest BCUT2D eigenvalue weighted by Gasteiger charge is -2.07. The average molecular weight is 226 g/mol. The lowest BCUT2D eigenvalue weighted by molar-refractivity contribution is 1.06. The van der Waals surface area contributed by atoms with E-state index < -0.39 is 0 Å². The van der Waals surface area contributed by atoms with E-state index in [0.29, 0.717) is 6.54 Å². The van der Waals surface area contributed by atoms with Crippen molar-refractivity contribution < 1.29 is 0 Å². The van der Waals surface area contributed by atoms with Crippen LogP contribution in [0.4, 0.5) is 5.69 Å². The third-order valence-corrected chi connectivity index (χ3v) is 2.77. The molecule has 0 radical (unpaired) electrons. The molecule has 2 nitrogen and oxygen atoms in total. The lowest BCUT2D eigenvalue weighted by atomic mass is 10.1. The average Bonchev–Trinajstić information content (AvgIpc) is 2.37. The molecule has 0 aliphatic carbocycles. The summed E-state index contributed by atoms with van der Waals surface area (Å²) in [5, 5.41) is 3.41. The predicted molar refractivity (Wildman–Crippen MR) is 72.8 cm³/mol. The van der Waals surface area contributed by atoms with E-state index in [9.17, 15) is 0 Å². The van der Waals surface area contributed by atoms with Crippen LogP contribution >= 0.6 is 0 Å². The van der Waals surface area contributed by atoms with Gasteiger partial charge < -0.3 is 11.1 Å². The SMILES string of the molecule is Cc1cccc(NCc2ccc(CN)cc2)c1. The van der Waals surface area contributed by atoms with Gasteiger partial charge in [-0.1, -0.05) is 36.4 Å². The van der Waals surface area contributed by atoms with Crippen molar-refractivity contribution in [3.63, 3.8) is 0 Å². The van der Waals surface area contributed by atoms with Gasteiger partial charge in [0.25, 0.3) is 0 Å². The summed E-state index contributed by atoms with van der Waals surface area (Å²) in [6.45, 7) is 3.54. The molecule has 0 saturated heterocycles. The maximum absolute atomic E-state index is 5.57. The summed E-state index contributed by atoms with van der Waals surface area (Å²) in [4.78, 5) is 0. The molecule has 0 aliphatic rings. The van der Waals surface area contributed by atoms with Gasteiger partial charge >= 0.3 is 0 Å². The quantitative estimate of drug-likeness (QED) is 0.840. The molecular formula is C15H18N2. The number of benzene rings is 2. The van der Waals surface area contributed by atoms with Gasteiger partial charge in [0.05, 0.1) is 0 Å². The number of rotatable bonds is 4. The molecule has 3 N–H and O–H groups in total. The van der Waals surface area contributed by atoms with Gasteiger partial charge in [-0.2, -0.15) is 0 Å². The molecule has 2 rings (SSSR count). The lowest BCUT2D eigenvalue weighted by Crippen LogP contribution is -2.00. The van der Waals surface area contributed by atoms with E-state index in [1.54, 1.807) is 0 Å². The first-order valence-corrected chi connectivity index (χ1v) is 5.86. The predicted octanol–water partition coefficient (Wildman–Crippen LogP) is 3.07. The van der Waals surface area contributed by atoms with Crippen LogP contribution in [0.3, 0.4) is 0 Å². The first-order chi connectivity index (χ1) is 8.28. The third-order valence-electron chi connectivity index (χ3n) is 2.77. The van der Waals surface area contributed by atoms with Gasteiger partial charge in [-0.3, -0.25) is 0 Å². The van der Waals surface area contributed by atoms with Gasteiger partial charge in [0.15, 0.2) is 0 Å². The maximum Gasteiger partial charge on any atom is 0.0400 e. The highest BCUT2D eigenvalue weighted by atomic mass is 14.9. The highest BCUT2D eigenvalue weighted by molar-refractivity contribution is 5.45. The summed E-state index contributed by atoms with van der Waals surface area (Å²) in [5.41, 5.74) is 10.4. The Morgan fingerprint density at radius 1 is 1.00 bits per heavy atom. The fourth-order valence-corrected chi connectivity index (χ4v) is 1.75. The molecule has 0 saturated carbocycles. The van der Waals surface area contributed by atoms with E-state index >= 15 is 0 Å². The van der Waals surface area contributed by atoms with Crippen LogP contribution in [0.2, 0.25) is 0 Å². The maximum atomic E-state index is 5.57. The smallest absolute Gasteiger partial charge is 0.0400 e. The Balaban J connectivity index is 1.97. The molecule has 17 heavy (non-hydrogen) atoms. The van der Waals surface area contributed by atoms with E-state index in [1.165, 1.54) is 16.7 Å². The van der Waals surface area contributed by atoms with Crippen molar-refractivity contribution in [2.45, 2.75) is 20.0 Å². The second-order valence-corrected chi connectivity index (χ2v) is 4.24. The Hall–Kier alpha value is -1.80. The standard InChI is InChI=1S/C15H18N2/c1-12-3-2-4-15(9-12)17-11-14-7-5-13(10-16)6-8-14/h2-9,17H,10-11,16H2,1H3. The second-order valence-electron chi connectivity index (χ2n) is 4.24. The van der Waals surface area contributed by atoms with Gasteiger partial charge in [-0.05, 0) is 35.7 Å². The Kier molecular flexibility index (Phi) is 3.78. The van der Waals surface area contributed by atoms with Crippen LogP contribution < -0.4 is 11.1 Å². The summed E-state index contributed by atoms with van der Waals surface area (Å²) in [6.07, 6.45) is 0. The molecule has 0 heterocycles. The fourth-order valence-electron chi connectivity index (χ4n) is 1.75. The van der Waals surface area contributed by atoms with Crippen LogP contribution in [-0.4, -0.2) is 0 Å². The van der Waals surface area contributed by atoms with Crippen molar-refractivity contribution in [2.75, 3.05) is 5.32 Å². The topological polar surface area (TPSA) is 38.0 Å². The minimum atomic E-state index is 0.603. The van der Waals surface area contributed by atoms with Gasteiger partial charge in [-0.15, -0.1) is 0 Å². The molecule has 2 heteroatoms. The minimum Gasteiger partial charge on any atom is -0.381 e. The van der Waals surface area contributed by atoms with Gasteiger partial charge in [0.1, 0.15) is 0 Å². The van der Waals surface area contributed by atoms with Crippen molar-refractivity contribution in [2.24, 2.45) is 5.73 Å². The van der Waals surface area contributed by atoms with Crippen molar-refractivity contribution in [1.82, 2.24) is 0 Å². The van der Waals surface area contributed by atoms with Crippen LogP contribution in [-0.2, 0) is 13.1 Å². The Morgan fingerprint density at radius 2 is 1.71 bits per heavy atom. The number of nitrogens with one attached hydrogen (secondary N) is 1. The zero-order chi connectivity index (χ0) is 12.1. The van der Waals surface area contributed by atoms with Crippen LogP contribution in [0, 0.1) is 6.92 Å². The molecule has 2 aromatic rings. The van der Waals surface area contributed by atoms with Crippen molar-refractivity contribution >= 4 is 5.69 Å². The van der Waals surface area contributed by atoms with Crippen LogP contribution in [0.5, 0.6) is 0 Å². The minimum absolute atomic E-state index is 0.603. The fraction of sp³-hybridized carbons (Fsp3) is 0.200. The highest BCUT2D eigenvalue weighted by Crippen LogP contribution is 2.11. The largest absolute Gasteiger partial charge is 0.381 e. The summed E-state index contributed by atoms with van der Waals surface area (Å²) in [6, 6.07) is 16.8. The first-order valence-electron chi connectivity index (χ1n) is 5.86. The molecule has 88 valence electrons. The molecule has 0 fully saturated rings. The van der Waals surface area contributed by atoms with Crippen LogP contribution in [0.25, 0.3) is 0 Å². The molecule has 0 aromatic heterocycles. The van der Waals surface area contributed by atoms with E-state index in [-0.39, 0.29) is 0 Å². The summed E-state index contributed by atoms with van der Waals surface area (Å²) in [5.74, 6) is 0. The first kappa shape index (κ1) is 11.7. The van der Waals surface area contributed by atoms with Crippen molar-refractivity contribution in [1.29, 1.82) is 0 Å². The monoisotopic (exact) mass is 226 g/mol. The molecule has 2 aromatic carbocycles. The number of hydrogen-bond donors (Lipinski definition) is 2. The van der Waals surface area contributed by atoms with Gasteiger partial charge in [0.2, 0.25) is 0 Å². The molecule has 0 atom stereocenters. The van der Waals surface area contributed by atoms with Crippen molar-refractivity contribution in [3.8, 4) is 0 Å². The molecule has 0 aliphatic heterocycles. The number of nitrogens with two attached hydrogens (primary N) is 1. The normalized spacial score (nSPS) is 10.2. The molecule has 0 unspecified atom stereocenters. The van der Waals surface area contributed by atoms with Gasteiger partial charge in [0, 0.05) is 18.8 Å². The van der Waals surface area contributed by atoms with Crippen LogP contribution in [0.15, 0.2) is 48.5 Å². The van der Waals surface area contributed by atoms with E-state index in [1.807, 2.05) is 0 Å². The Bertz CT molecular complexity index is 475. The van der Waals surface area contributed by atoms with Gasteiger partial charge in [-0.25, -0.2) is 0 Å². The van der Waals surface area contributed by atoms with E-state index in [0.717, 1.165) is 12.2 Å². The molecule has 0 spiro atoms. The number of anilines is 1. The zero-order valence-electron chi connectivity index (χ0n) is 10.1. The number of aryl methyl sites for hydroxylation is 1. The second kappa shape index (κ2) is 5.51. The Labute approximate surface area is 102 Å². The van der Waals surface area contributed by atoms with E-state index in [2.05, 4.69) is 60.8 Å². The Morgan fingerprint density at radius 3 is 2.35 bits per heavy atom. The van der Waals surface area contributed by atoms with E-state index in [4.69, 9.17) is 5.73 Å². The molecule has 0 amide bonds. The summed E-state index contributed by atoms with van der Waals surface area (Å²) < 4.78 is 0. The molecule has 0 bridgehead atoms. The molecular weight excluding hydrogens is 208 g/mol.